The first-order valence-electron chi connectivity index (χ1n) is 6.57. The van der Waals surface area contributed by atoms with Crippen LogP contribution in [-0.4, -0.2) is 21.2 Å². The van der Waals surface area contributed by atoms with E-state index in [0.29, 0.717) is 24.1 Å². The lowest BCUT2D eigenvalue weighted by Gasteiger charge is -2.10. The molecule has 0 bridgehead atoms. The van der Waals surface area contributed by atoms with Gasteiger partial charge >= 0.3 is 0 Å². The predicted octanol–water partition coefficient (Wildman–Crippen LogP) is 2.36. The molecule has 0 spiro atoms. The monoisotopic (exact) mass is 260 g/mol. The number of hydrogen-bond acceptors (Lipinski definition) is 5. The van der Waals surface area contributed by atoms with Crippen LogP contribution in [0.25, 0.3) is 11.5 Å². The molecule has 0 aromatic carbocycles. The van der Waals surface area contributed by atoms with Crippen LogP contribution >= 0.6 is 0 Å². The van der Waals surface area contributed by atoms with Crippen molar-refractivity contribution in [3.63, 3.8) is 0 Å². The maximum Gasteiger partial charge on any atom is 0.228 e. The Hall–Kier alpha value is -1.75. The van der Waals surface area contributed by atoms with E-state index in [0.717, 1.165) is 17.8 Å². The number of pyridine rings is 1. The highest BCUT2D eigenvalue weighted by Gasteiger charge is 2.14. The van der Waals surface area contributed by atoms with Crippen LogP contribution in [0.4, 0.5) is 0 Å². The molecule has 2 aromatic heterocycles. The number of nitrogens with zero attached hydrogens (tertiary/aromatic N) is 3. The molecule has 0 fully saturated rings. The summed E-state index contributed by atoms with van der Waals surface area (Å²) >= 11 is 0. The van der Waals surface area contributed by atoms with Gasteiger partial charge in [0, 0.05) is 18.2 Å². The molecule has 0 saturated carbocycles. The lowest BCUT2D eigenvalue weighted by molar-refractivity contribution is 0.359. The summed E-state index contributed by atoms with van der Waals surface area (Å²) in [6.45, 7) is 6.23. The van der Waals surface area contributed by atoms with Crippen molar-refractivity contribution < 1.29 is 4.52 Å². The van der Waals surface area contributed by atoms with Crippen molar-refractivity contribution in [2.24, 2.45) is 11.7 Å². The lowest BCUT2D eigenvalue weighted by atomic mass is 10.0. The molecule has 2 aromatic rings. The second kappa shape index (κ2) is 5.93. The zero-order chi connectivity index (χ0) is 13.8. The predicted molar refractivity (Wildman–Crippen MR) is 73.4 cm³/mol. The Morgan fingerprint density at radius 2 is 2.05 bits per heavy atom. The number of aryl methyl sites for hydroxylation is 1. The van der Waals surface area contributed by atoms with Gasteiger partial charge in [-0.05, 0) is 31.4 Å². The van der Waals surface area contributed by atoms with Crippen LogP contribution in [0.3, 0.4) is 0 Å². The van der Waals surface area contributed by atoms with Crippen molar-refractivity contribution in [3.8, 4) is 11.5 Å². The maximum absolute atomic E-state index is 6.04. The average molecular weight is 260 g/mol. The van der Waals surface area contributed by atoms with E-state index < -0.39 is 0 Å². The molecule has 0 aliphatic heterocycles. The number of aromatic nitrogens is 3. The van der Waals surface area contributed by atoms with Gasteiger partial charge in [0.2, 0.25) is 11.7 Å². The molecule has 2 N–H and O–H groups in total. The summed E-state index contributed by atoms with van der Waals surface area (Å²) in [4.78, 5) is 8.72. The van der Waals surface area contributed by atoms with Crippen LogP contribution in [0.1, 0.15) is 31.9 Å². The fourth-order valence-corrected chi connectivity index (χ4v) is 2.02. The summed E-state index contributed by atoms with van der Waals surface area (Å²) in [5.41, 5.74) is 7.70. The molecule has 2 rings (SSSR count). The molecular formula is C14H20N4O. The normalized spacial score (nSPS) is 12.9. The minimum absolute atomic E-state index is 0.0544. The first kappa shape index (κ1) is 13.7. The smallest absolute Gasteiger partial charge is 0.228 e. The van der Waals surface area contributed by atoms with Crippen LogP contribution in [0.15, 0.2) is 22.7 Å². The third-order valence-corrected chi connectivity index (χ3v) is 2.80. The third kappa shape index (κ3) is 3.86. The van der Waals surface area contributed by atoms with Gasteiger partial charge in [-0.15, -0.1) is 0 Å². The van der Waals surface area contributed by atoms with Gasteiger partial charge < -0.3 is 10.3 Å². The Labute approximate surface area is 113 Å². The largest absolute Gasteiger partial charge is 0.339 e. The quantitative estimate of drug-likeness (QED) is 0.892. The SMILES string of the molecule is Cc1cccc(-c2noc(CC(N)CC(C)C)n2)n1. The topological polar surface area (TPSA) is 77.8 Å². The van der Waals surface area contributed by atoms with Gasteiger partial charge in [0.05, 0.1) is 0 Å². The zero-order valence-corrected chi connectivity index (χ0v) is 11.6. The molecule has 0 amide bonds. The molecule has 0 aliphatic carbocycles. The standard InChI is InChI=1S/C14H20N4O/c1-9(2)7-11(15)8-13-17-14(18-19-13)12-6-4-5-10(3)16-12/h4-6,9,11H,7-8,15H2,1-3H3. The minimum Gasteiger partial charge on any atom is -0.339 e. The summed E-state index contributed by atoms with van der Waals surface area (Å²) in [5.74, 6) is 1.66. The van der Waals surface area contributed by atoms with Gasteiger partial charge in [-0.3, -0.25) is 0 Å². The molecule has 102 valence electrons. The number of rotatable bonds is 5. The van der Waals surface area contributed by atoms with Crippen molar-refractivity contribution in [2.45, 2.75) is 39.7 Å². The van der Waals surface area contributed by atoms with Gasteiger partial charge in [-0.2, -0.15) is 4.98 Å². The fraction of sp³-hybridized carbons (Fsp3) is 0.500. The number of nitrogens with two attached hydrogens (primary N) is 1. The lowest BCUT2D eigenvalue weighted by Crippen LogP contribution is -2.24. The molecule has 19 heavy (non-hydrogen) atoms. The van der Waals surface area contributed by atoms with E-state index in [1.165, 1.54) is 0 Å². The average Bonchev–Trinajstić information content (AvgIpc) is 2.76. The van der Waals surface area contributed by atoms with Gasteiger partial charge in [-0.1, -0.05) is 25.1 Å². The van der Waals surface area contributed by atoms with Crippen molar-refractivity contribution in [1.82, 2.24) is 15.1 Å². The third-order valence-electron chi connectivity index (χ3n) is 2.80. The highest BCUT2D eigenvalue weighted by atomic mass is 16.5. The molecule has 5 heteroatoms. The molecule has 0 radical (unpaired) electrons. The Kier molecular flexibility index (Phi) is 4.27. The van der Waals surface area contributed by atoms with Crippen LogP contribution in [0.5, 0.6) is 0 Å². The highest BCUT2D eigenvalue weighted by molar-refractivity contribution is 5.47. The van der Waals surface area contributed by atoms with Crippen molar-refractivity contribution >= 4 is 0 Å². The Morgan fingerprint density at radius 1 is 1.26 bits per heavy atom. The molecule has 5 nitrogen and oxygen atoms in total. The Bertz CT molecular complexity index is 536. The molecular weight excluding hydrogens is 240 g/mol. The summed E-state index contributed by atoms with van der Waals surface area (Å²) in [6.07, 6.45) is 1.55. The van der Waals surface area contributed by atoms with Gasteiger partial charge in [0.1, 0.15) is 5.69 Å². The van der Waals surface area contributed by atoms with Crippen LogP contribution in [-0.2, 0) is 6.42 Å². The van der Waals surface area contributed by atoms with E-state index in [1.54, 1.807) is 0 Å². The van der Waals surface area contributed by atoms with E-state index in [4.69, 9.17) is 10.3 Å². The first-order valence-corrected chi connectivity index (χ1v) is 6.57. The Morgan fingerprint density at radius 3 is 2.74 bits per heavy atom. The second-order valence-corrected chi connectivity index (χ2v) is 5.27. The highest BCUT2D eigenvalue weighted by Crippen LogP contribution is 2.15. The van der Waals surface area contributed by atoms with E-state index in [1.807, 2.05) is 25.1 Å². The summed E-state index contributed by atoms with van der Waals surface area (Å²) in [7, 11) is 0. The molecule has 0 saturated heterocycles. The van der Waals surface area contributed by atoms with Crippen molar-refractivity contribution in [2.75, 3.05) is 0 Å². The van der Waals surface area contributed by atoms with Crippen molar-refractivity contribution in [3.05, 3.63) is 29.8 Å². The Balaban J connectivity index is 2.07. The summed E-state index contributed by atoms with van der Waals surface area (Å²) in [6, 6.07) is 5.79. The molecule has 1 atom stereocenters. The molecule has 0 aliphatic rings. The van der Waals surface area contributed by atoms with E-state index >= 15 is 0 Å². The van der Waals surface area contributed by atoms with E-state index in [9.17, 15) is 0 Å². The zero-order valence-electron chi connectivity index (χ0n) is 11.6. The minimum atomic E-state index is 0.0544. The van der Waals surface area contributed by atoms with E-state index in [2.05, 4.69) is 29.0 Å². The first-order chi connectivity index (χ1) is 9.04. The van der Waals surface area contributed by atoms with Gasteiger partial charge in [0.15, 0.2) is 0 Å². The van der Waals surface area contributed by atoms with E-state index in [-0.39, 0.29) is 6.04 Å². The van der Waals surface area contributed by atoms with Crippen LogP contribution < -0.4 is 5.73 Å². The van der Waals surface area contributed by atoms with Gasteiger partial charge in [-0.25, -0.2) is 4.98 Å². The maximum atomic E-state index is 6.04. The number of hydrogen-bond donors (Lipinski definition) is 1. The fourth-order valence-electron chi connectivity index (χ4n) is 2.02. The summed E-state index contributed by atoms with van der Waals surface area (Å²) in [5, 5.41) is 3.96. The van der Waals surface area contributed by atoms with Crippen LogP contribution in [0.2, 0.25) is 0 Å². The van der Waals surface area contributed by atoms with Crippen molar-refractivity contribution in [1.29, 1.82) is 0 Å². The summed E-state index contributed by atoms with van der Waals surface area (Å²) < 4.78 is 5.23. The molecule has 2 heterocycles. The second-order valence-electron chi connectivity index (χ2n) is 5.27. The molecule has 1 unspecified atom stereocenters. The van der Waals surface area contributed by atoms with Gasteiger partial charge in [0.25, 0.3) is 0 Å². The van der Waals surface area contributed by atoms with Crippen LogP contribution in [0, 0.1) is 12.8 Å².